The minimum Gasteiger partial charge on any atom is -0.469 e. The van der Waals surface area contributed by atoms with Crippen LogP contribution >= 0.6 is 0 Å². The Labute approximate surface area is 109 Å². The SMILES string of the molecule is COC(=O)C1(CN(C)c2ccc(C)cc2)CCC1. The highest BCUT2D eigenvalue weighted by atomic mass is 16.5. The van der Waals surface area contributed by atoms with E-state index in [9.17, 15) is 4.79 Å². The molecule has 1 saturated carbocycles. The molecule has 1 aliphatic rings. The first-order valence-electron chi connectivity index (χ1n) is 6.44. The summed E-state index contributed by atoms with van der Waals surface area (Å²) in [5.41, 5.74) is 2.11. The van der Waals surface area contributed by atoms with E-state index < -0.39 is 0 Å². The van der Waals surface area contributed by atoms with Gasteiger partial charge in [-0.2, -0.15) is 0 Å². The van der Waals surface area contributed by atoms with Gasteiger partial charge in [-0.1, -0.05) is 24.1 Å². The van der Waals surface area contributed by atoms with Gasteiger partial charge in [0.05, 0.1) is 12.5 Å². The average Bonchev–Trinajstić information content (AvgIpc) is 2.33. The van der Waals surface area contributed by atoms with Gasteiger partial charge in [-0.05, 0) is 31.9 Å². The summed E-state index contributed by atoms with van der Waals surface area (Å²) in [5.74, 6) is -0.0623. The Kier molecular flexibility index (Phi) is 3.60. The van der Waals surface area contributed by atoms with Crippen molar-refractivity contribution in [3.05, 3.63) is 29.8 Å². The molecule has 1 aromatic rings. The fourth-order valence-electron chi connectivity index (χ4n) is 2.59. The number of carbonyl (C=O) groups is 1. The first-order chi connectivity index (χ1) is 8.57. The summed E-state index contributed by atoms with van der Waals surface area (Å²) in [4.78, 5) is 14.0. The number of aryl methyl sites for hydroxylation is 1. The van der Waals surface area contributed by atoms with Crippen LogP contribution < -0.4 is 4.90 Å². The maximum atomic E-state index is 11.9. The molecule has 3 nitrogen and oxygen atoms in total. The van der Waals surface area contributed by atoms with Crippen molar-refractivity contribution in [1.82, 2.24) is 0 Å². The van der Waals surface area contributed by atoms with Gasteiger partial charge in [0, 0.05) is 19.3 Å². The molecule has 0 saturated heterocycles. The van der Waals surface area contributed by atoms with Gasteiger partial charge in [0.1, 0.15) is 0 Å². The van der Waals surface area contributed by atoms with Crippen molar-refractivity contribution in [2.75, 3.05) is 25.6 Å². The van der Waals surface area contributed by atoms with Crippen LogP contribution in [0, 0.1) is 12.3 Å². The predicted molar refractivity (Wildman–Crippen MR) is 72.7 cm³/mol. The maximum absolute atomic E-state index is 11.9. The van der Waals surface area contributed by atoms with Gasteiger partial charge in [0.2, 0.25) is 0 Å². The summed E-state index contributed by atoms with van der Waals surface area (Å²) in [5, 5.41) is 0. The highest BCUT2D eigenvalue weighted by Crippen LogP contribution is 2.43. The number of hydrogen-bond donors (Lipinski definition) is 0. The number of rotatable bonds is 4. The van der Waals surface area contributed by atoms with Gasteiger partial charge in [-0.3, -0.25) is 4.79 Å². The molecule has 2 rings (SSSR count). The lowest BCUT2D eigenvalue weighted by atomic mass is 9.68. The molecule has 0 amide bonds. The van der Waals surface area contributed by atoms with Gasteiger partial charge >= 0.3 is 5.97 Å². The minimum absolute atomic E-state index is 0.0623. The molecule has 0 aliphatic heterocycles. The normalized spacial score (nSPS) is 16.8. The average molecular weight is 247 g/mol. The predicted octanol–water partition coefficient (Wildman–Crippen LogP) is 2.77. The molecule has 0 radical (unpaired) electrons. The quantitative estimate of drug-likeness (QED) is 0.766. The van der Waals surface area contributed by atoms with Crippen molar-refractivity contribution in [2.24, 2.45) is 5.41 Å². The van der Waals surface area contributed by atoms with Crippen molar-refractivity contribution in [1.29, 1.82) is 0 Å². The van der Waals surface area contributed by atoms with Crippen molar-refractivity contribution in [3.63, 3.8) is 0 Å². The molecule has 0 spiro atoms. The van der Waals surface area contributed by atoms with E-state index in [1.165, 1.54) is 12.7 Å². The van der Waals surface area contributed by atoms with Crippen LogP contribution in [0.2, 0.25) is 0 Å². The minimum atomic E-state index is -0.283. The van der Waals surface area contributed by atoms with E-state index in [1.807, 2.05) is 7.05 Å². The van der Waals surface area contributed by atoms with Crippen LogP contribution in [0.25, 0.3) is 0 Å². The lowest BCUT2D eigenvalue weighted by Gasteiger charge is -2.42. The molecule has 0 aromatic heterocycles. The number of benzene rings is 1. The number of methoxy groups -OCH3 is 1. The van der Waals surface area contributed by atoms with Crippen LogP contribution in [0.5, 0.6) is 0 Å². The molecule has 98 valence electrons. The zero-order valence-corrected chi connectivity index (χ0v) is 11.4. The van der Waals surface area contributed by atoms with E-state index in [0.717, 1.165) is 31.5 Å². The Morgan fingerprint density at radius 1 is 1.33 bits per heavy atom. The van der Waals surface area contributed by atoms with Crippen LogP contribution in [0.15, 0.2) is 24.3 Å². The van der Waals surface area contributed by atoms with E-state index in [4.69, 9.17) is 4.74 Å². The summed E-state index contributed by atoms with van der Waals surface area (Å²) in [6.45, 7) is 2.81. The smallest absolute Gasteiger partial charge is 0.313 e. The Morgan fingerprint density at radius 2 is 1.94 bits per heavy atom. The summed E-state index contributed by atoms with van der Waals surface area (Å²) < 4.78 is 4.95. The molecular weight excluding hydrogens is 226 g/mol. The second-order valence-corrected chi connectivity index (χ2v) is 5.32. The number of anilines is 1. The molecule has 0 N–H and O–H groups in total. The van der Waals surface area contributed by atoms with Crippen LogP contribution in [-0.4, -0.2) is 26.7 Å². The Bertz CT molecular complexity index is 421. The zero-order valence-electron chi connectivity index (χ0n) is 11.4. The molecule has 18 heavy (non-hydrogen) atoms. The third kappa shape index (κ3) is 2.35. The van der Waals surface area contributed by atoms with Gasteiger partial charge < -0.3 is 9.64 Å². The molecule has 1 aliphatic carbocycles. The second kappa shape index (κ2) is 5.01. The molecule has 3 heteroatoms. The number of nitrogens with zero attached hydrogens (tertiary/aromatic N) is 1. The highest BCUT2D eigenvalue weighted by Gasteiger charge is 2.46. The number of ether oxygens (including phenoxy) is 1. The van der Waals surface area contributed by atoms with Gasteiger partial charge in [0.15, 0.2) is 0 Å². The lowest BCUT2D eigenvalue weighted by Crippen LogP contribution is -2.47. The third-order valence-corrected chi connectivity index (χ3v) is 3.94. The summed E-state index contributed by atoms with van der Waals surface area (Å²) in [6, 6.07) is 8.38. The number of esters is 1. The van der Waals surface area contributed by atoms with Crippen LogP contribution in [-0.2, 0) is 9.53 Å². The molecule has 1 fully saturated rings. The first kappa shape index (κ1) is 12.9. The number of carbonyl (C=O) groups excluding carboxylic acids is 1. The number of hydrogen-bond acceptors (Lipinski definition) is 3. The van der Waals surface area contributed by atoms with Crippen molar-refractivity contribution < 1.29 is 9.53 Å². The summed E-state index contributed by atoms with van der Waals surface area (Å²) in [7, 11) is 3.52. The third-order valence-electron chi connectivity index (χ3n) is 3.94. The highest BCUT2D eigenvalue weighted by molar-refractivity contribution is 5.78. The molecule has 1 aromatic carbocycles. The lowest BCUT2D eigenvalue weighted by molar-refractivity contribution is -0.157. The Balaban J connectivity index is 2.08. The van der Waals surface area contributed by atoms with Gasteiger partial charge in [-0.25, -0.2) is 0 Å². The van der Waals surface area contributed by atoms with Gasteiger partial charge in [0.25, 0.3) is 0 Å². The van der Waals surface area contributed by atoms with Gasteiger partial charge in [-0.15, -0.1) is 0 Å². The van der Waals surface area contributed by atoms with E-state index in [0.29, 0.717) is 0 Å². The standard InChI is InChI=1S/C15H21NO2/c1-12-5-7-13(8-6-12)16(2)11-15(9-4-10-15)14(17)18-3/h5-8H,4,9-11H2,1-3H3. The van der Waals surface area contributed by atoms with Crippen molar-refractivity contribution >= 4 is 11.7 Å². The zero-order chi connectivity index (χ0) is 13.2. The van der Waals surface area contributed by atoms with Crippen molar-refractivity contribution in [2.45, 2.75) is 26.2 Å². The fraction of sp³-hybridized carbons (Fsp3) is 0.533. The second-order valence-electron chi connectivity index (χ2n) is 5.32. The van der Waals surface area contributed by atoms with E-state index in [2.05, 4.69) is 36.1 Å². The maximum Gasteiger partial charge on any atom is 0.313 e. The molecule has 0 bridgehead atoms. The van der Waals surface area contributed by atoms with E-state index in [-0.39, 0.29) is 11.4 Å². The van der Waals surface area contributed by atoms with E-state index in [1.54, 1.807) is 0 Å². The molecule has 0 heterocycles. The Hall–Kier alpha value is -1.51. The molecule has 0 unspecified atom stereocenters. The summed E-state index contributed by atoms with van der Waals surface area (Å²) >= 11 is 0. The van der Waals surface area contributed by atoms with Crippen molar-refractivity contribution in [3.8, 4) is 0 Å². The van der Waals surface area contributed by atoms with Crippen LogP contribution in [0.3, 0.4) is 0 Å². The largest absolute Gasteiger partial charge is 0.469 e. The van der Waals surface area contributed by atoms with Crippen LogP contribution in [0.4, 0.5) is 5.69 Å². The summed E-state index contributed by atoms with van der Waals surface area (Å²) in [6.07, 6.45) is 3.00. The van der Waals surface area contributed by atoms with Crippen LogP contribution in [0.1, 0.15) is 24.8 Å². The monoisotopic (exact) mass is 247 g/mol. The first-order valence-corrected chi connectivity index (χ1v) is 6.44. The van der Waals surface area contributed by atoms with E-state index >= 15 is 0 Å². The topological polar surface area (TPSA) is 29.5 Å². The fourth-order valence-corrected chi connectivity index (χ4v) is 2.59. The molecule has 0 atom stereocenters. The molecular formula is C15H21NO2. The Morgan fingerprint density at radius 3 is 2.39 bits per heavy atom.